The van der Waals surface area contributed by atoms with Crippen LogP contribution in [-0.4, -0.2) is 40.3 Å². The van der Waals surface area contributed by atoms with Crippen molar-refractivity contribution >= 4 is 46.0 Å². The van der Waals surface area contributed by atoms with Crippen LogP contribution in [0.15, 0.2) is 6.08 Å². The molecule has 0 aliphatic heterocycles. The number of thiazole rings is 1. The molecule has 2 heterocycles. The zero-order valence-electron chi connectivity index (χ0n) is 14.7. The molecule has 0 aromatic carbocycles. The first kappa shape index (κ1) is 19.1. The Balaban J connectivity index is 2.19. The summed E-state index contributed by atoms with van der Waals surface area (Å²) in [7, 11) is 3.33. The molecule has 0 saturated carbocycles. The van der Waals surface area contributed by atoms with E-state index in [4.69, 9.17) is 16.3 Å². The third kappa shape index (κ3) is 4.08. The van der Waals surface area contributed by atoms with Crippen LogP contribution in [0, 0.1) is 13.8 Å². The minimum absolute atomic E-state index is 0.286. The number of anilines is 1. The fourth-order valence-corrected chi connectivity index (χ4v) is 3.27. The lowest BCUT2D eigenvalue weighted by atomic mass is 10.2. The standard InChI is InChI=1S/C16H19ClN4O3S/c1-6-24-15(23)13-10(3)18-16(25-13)20(4)12(22)8-7-11-9(2)19-21(5)14(11)17/h7-8H,6H2,1-5H3. The molecule has 0 atom stereocenters. The van der Waals surface area contributed by atoms with E-state index >= 15 is 0 Å². The molecule has 134 valence electrons. The fourth-order valence-electron chi connectivity index (χ4n) is 2.11. The highest BCUT2D eigenvalue weighted by molar-refractivity contribution is 7.17. The van der Waals surface area contributed by atoms with Crippen LogP contribution >= 0.6 is 22.9 Å². The molecule has 7 nitrogen and oxygen atoms in total. The van der Waals surface area contributed by atoms with Crippen molar-refractivity contribution in [3.63, 3.8) is 0 Å². The van der Waals surface area contributed by atoms with E-state index in [2.05, 4.69) is 10.1 Å². The summed E-state index contributed by atoms with van der Waals surface area (Å²) in [6.07, 6.45) is 3.02. The molecule has 9 heteroatoms. The number of hydrogen-bond acceptors (Lipinski definition) is 6. The van der Waals surface area contributed by atoms with Crippen LogP contribution in [0.3, 0.4) is 0 Å². The second-order valence-electron chi connectivity index (χ2n) is 5.28. The maximum atomic E-state index is 12.4. The molecule has 0 spiro atoms. The number of esters is 1. The highest BCUT2D eigenvalue weighted by Crippen LogP contribution is 2.26. The Morgan fingerprint density at radius 2 is 2.04 bits per heavy atom. The third-order valence-corrected chi connectivity index (χ3v) is 5.11. The number of aryl methyl sites for hydroxylation is 3. The molecular formula is C16H19ClN4O3S. The molecule has 0 N–H and O–H groups in total. The molecule has 0 bridgehead atoms. The van der Waals surface area contributed by atoms with Gasteiger partial charge in [-0.3, -0.25) is 14.4 Å². The Bertz CT molecular complexity index is 841. The van der Waals surface area contributed by atoms with Crippen LogP contribution < -0.4 is 4.90 Å². The van der Waals surface area contributed by atoms with Crippen LogP contribution in [0.25, 0.3) is 6.08 Å². The molecular weight excluding hydrogens is 364 g/mol. The first-order valence-electron chi connectivity index (χ1n) is 7.55. The number of halogens is 1. The Hall–Kier alpha value is -2.19. The molecule has 2 aromatic heterocycles. The quantitative estimate of drug-likeness (QED) is 0.586. The van der Waals surface area contributed by atoms with Crippen LogP contribution in [-0.2, 0) is 16.6 Å². The van der Waals surface area contributed by atoms with Crippen LogP contribution in [0.5, 0.6) is 0 Å². The van der Waals surface area contributed by atoms with Gasteiger partial charge in [-0.15, -0.1) is 0 Å². The van der Waals surface area contributed by atoms with Gasteiger partial charge in [-0.1, -0.05) is 22.9 Å². The van der Waals surface area contributed by atoms with Gasteiger partial charge in [0.1, 0.15) is 10.0 Å². The lowest BCUT2D eigenvalue weighted by molar-refractivity contribution is -0.113. The zero-order valence-corrected chi connectivity index (χ0v) is 16.2. The van der Waals surface area contributed by atoms with Crippen molar-refractivity contribution in [2.75, 3.05) is 18.6 Å². The van der Waals surface area contributed by atoms with Crippen molar-refractivity contribution < 1.29 is 14.3 Å². The Morgan fingerprint density at radius 1 is 1.36 bits per heavy atom. The van der Waals surface area contributed by atoms with Crippen LogP contribution in [0.2, 0.25) is 5.15 Å². The van der Waals surface area contributed by atoms with E-state index in [0.717, 1.165) is 17.0 Å². The van der Waals surface area contributed by atoms with Gasteiger partial charge in [0.25, 0.3) is 5.91 Å². The average molecular weight is 383 g/mol. The molecule has 25 heavy (non-hydrogen) atoms. The van der Waals surface area contributed by atoms with Gasteiger partial charge in [-0.05, 0) is 26.8 Å². The van der Waals surface area contributed by atoms with Crippen molar-refractivity contribution in [2.45, 2.75) is 20.8 Å². The summed E-state index contributed by atoms with van der Waals surface area (Å²) in [5, 5.41) is 5.07. The first-order chi connectivity index (χ1) is 11.8. The number of likely N-dealkylation sites (N-methyl/N-ethyl adjacent to an activating group) is 1. The lowest BCUT2D eigenvalue weighted by Crippen LogP contribution is -2.23. The molecule has 0 unspecified atom stereocenters. The van der Waals surface area contributed by atoms with E-state index in [1.165, 1.54) is 11.0 Å². The summed E-state index contributed by atoms with van der Waals surface area (Å²) in [6.45, 7) is 5.55. The highest BCUT2D eigenvalue weighted by Gasteiger charge is 2.20. The number of rotatable bonds is 5. The summed E-state index contributed by atoms with van der Waals surface area (Å²) in [5.74, 6) is -0.721. The average Bonchev–Trinajstić information content (AvgIpc) is 3.05. The van der Waals surface area contributed by atoms with E-state index in [1.807, 2.05) is 6.92 Å². The Morgan fingerprint density at radius 3 is 2.60 bits per heavy atom. The van der Waals surface area contributed by atoms with Gasteiger partial charge < -0.3 is 4.74 Å². The summed E-state index contributed by atoms with van der Waals surface area (Å²) in [5.41, 5.74) is 1.95. The number of carbonyl (C=O) groups is 2. The number of aromatic nitrogens is 3. The normalized spacial score (nSPS) is 11.1. The number of carbonyl (C=O) groups excluding carboxylic acids is 2. The molecule has 0 aliphatic rings. The Labute approximate surface area is 154 Å². The predicted molar refractivity (Wildman–Crippen MR) is 98.2 cm³/mol. The van der Waals surface area contributed by atoms with Gasteiger partial charge in [-0.2, -0.15) is 5.10 Å². The second-order valence-corrected chi connectivity index (χ2v) is 6.61. The topological polar surface area (TPSA) is 77.3 Å². The van der Waals surface area contributed by atoms with Crippen LogP contribution in [0.4, 0.5) is 5.13 Å². The van der Waals surface area contributed by atoms with E-state index < -0.39 is 5.97 Å². The highest BCUT2D eigenvalue weighted by atomic mass is 35.5. The Kier molecular flexibility index (Phi) is 5.97. The van der Waals surface area contributed by atoms with Crippen molar-refractivity contribution in [1.82, 2.24) is 14.8 Å². The second kappa shape index (κ2) is 7.79. The van der Waals surface area contributed by atoms with Crippen molar-refractivity contribution in [3.8, 4) is 0 Å². The molecule has 2 rings (SSSR count). The lowest BCUT2D eigenvalue weighted by Gasteiger charge is -2.10. The van der Waals surface area contributed by atoms with Gasteiger partial charge >= 0.3 is 5.97 Å². The molecule has 0 radical (unpaired) electrons. The fraction of sp³-hybridized carbons (Fsp3) is 0.375. The van der Waals surface area contributed by atoms with Gasteiger partial charge in [0.05, 0.1) is 18.0 Å². The van der Waals surface area contributed by atoms with E-state index in [9.17, 15) is 9.59 Å². The van der Waals surface area contributed by atoms with Gasteiger partial charge in [0.15, 0.2) is 5.13 Å². The summed E-state index contributed by atoms with van der Waals surface area (Å²) in [4.78, 5) is 30.3. The maximum Gasteiger partial charge on any atom is 0.350 e. The van der Waals surface area contributed by atoms with E-state index in [1.54, 1.807) is 38.7 Å². The largest absolute Gasteiger partial charge is 0.462 e. The minimum atomic E-state index is -0.432. The summed E-state index contributed by atoms with van der Waals surface area (Å²) >= 11 is 7.26. The smallest absolute Gasteiger partial charge is 0.350 e. The van der Waals surface area contributed by atoms with Gasteiger partial charge in [0.2, 0.25) is 0 Å². The minimum Gasteiger partial charge on any atom is -0.462 e. The summed E-state index contributed by atoms with van der Waals surface area (Å²) < 4.78 is 6.53. The molecule has 0 aliphatic carbocycles. The van der Waals surface area contributed by atoms with Gasteiger partial charge in [-0.25, -0.2) is 9.78 Å². The molecule has 0 fully saturated rings. The van der Waals surface area contributed by atoms with Crippen molar-refractivity contribution in [3.05, 3.63) is 33.1 Å². The third-order valence-electron chi connectivity index (χ3n) is 3.45. The number of ether oxygens (including phenoxy) is 1. The SMILES string of the molecule is CCOC(=O)c1sc(N(C)C(=O)C=Cc2c(C)nn(C)c2Cl)nc1C. The number of hydrogen-bond donors (Lipinski definition) is 0. The van der Waals surface area contributed by atoms with Crippen molar-refractivity contribution in [2.24, 2.45) is 7.05 Å². The summed E-state index contributed by atoms with van der Waals surface area (Å²) in [6, 6.07) is 0. The predicted octanol–water partition coefficient (Wildman–Crippen LogP) is 3.00. The maximum absolute atomic E-state index is 12.4. The molecule has 2 aromatic rings. The molecule has 0 saturated heterocycles. The van der Waals surface area contributed by atoms with Crippen LogP contribution in [0.1, 0.15) is 33.5 Å². The zero-order chi connectivity index (χ0) is 18.7. The van der Waals surface area contributed by atoms with E-state index in [-0.39, 0.29) is 12.5 Å². The number of nitrogens with zero attached hydrogens (tertiary/aromatic N) is 4. The number of amides is 1. The monoisotopic (exact) mass is 382 g/mol. The van der Waals surface area contributed by atoms with E-state index in [0.29, 0.717) is 26.4 Å². The molecule has 1 amide bonds. The first-order valence-corrected chi connectivity index (χ1v) is 8.75. The van der Waals surface area contributed by atoms with Gasteiger partial charge in [0, 0.05) is 25.7 Å². The van der Waals surface area contributed by atoms with Crippen molar-refractivity contribution in [1.29, 1.82) is 0 Å².